The third-order valence-corrected chi connectivity index (χ3v) is 3.49. The van der Waals surface area contributed by atoms with Crippen LogP contribution in [0.25, 0.3) is 0 Å². The van der Waals surface area contributed by atoms with E-state index in [4.69, 9.17) is 4.74 Å². The minimum atomic E-state index is -0.297. The second-order valence-electron chi connectivity index (χ2n) is 4.81. The van der Waals surface area contributed by atoms with E-state index in [0.29, 0.717) is 12.2 Å². The minimum Gasteiger partial charge on any atom is -0.507 e. The maximum atomic E-state index is 11.7. The number of nitrogens with zero attached hydrogens (tertiary/aromatic N) is 1. The van der Waals surface area contributed by atoms with Gasteiger partial charge in [0, 0.05) is 15.7 Å². The first kappa shape index (κ1) is 17.8. The number of hydrazone groups is 1. The molecule has 6 nitrogen and oxygen atoms in total. The molecule has 0 aliphatic rings. The number of ether oxygens (including phenoxy) is 1. The molecule has 0 spiro atoms. The molecule has 2 aromatic rings. The first-order valence-electron chi connectivity index (χ1n) is 7.35. The lowest BCUT2D eigenvalue weighted by Crippen LogP contribution is -2.25. The van der Waals surface area contributed by atoms with E-state index < -0.39 is 0 Å². The molecule has 0 fully saturated rings. The molecule has 3 N–H and O–H groups in total. The molecule has 0 saturated carbocycles. The monoisotopic (exact) mass is 391 g/mol. The summed E-state index contributed by atoms with van der Waals surface area (Å²) < 4.78 is 6.16. The van der Waals surface area contributed by atoms with E-state index in [9.17, 15) is 9.90 Å². The van der Waals surface area contributed by atoms with Crippen molar-refractivity contribution in [1.82, 2.24) is 5.43 Å². The minimum absolute atomic E-state index is 0.0792. The number of amides is 1. The van der Waals surface area contributed by atoms with Gasteiger partial charge in [-0.25, -0.2) is 5.43 Å². The number of phenolic OH excluding ortho intramolecular Hbond substituents is 1. The summed E-state index contributed by atoms with van der Waals surface area (Å²) >= 11 is 3.30. The van der Waals surface area contributed by atoms with Crippen molar-refractivity contribution in [2.45, 2.75) is 6.92 Å². The van der Waals surface area contributed by atoms with Gasteiger partial charge in [-0.05, 0) is 49.4 Å². The molecule has 24 heavy (non-hydrogen) atoms. The van der Waals surface area contributed by atoms with Crippen molar-refractivity contribution in [1.29, 1.82) is 0 Å². The van der Waals surface area contributed by atoms with E-state index in [1.807, 2.05) is 31.2 Å². The molecule has 0 aliphatic heterocycles. The smallest absolute Gasteiger partial charge is 0.259 e. The fourth-order valence-electron chi connectivity index (χ4n) is 1.86. The maximum Gasteiger partial charge on any atom is 0.259 e. The Kier molecular flexibility index (Phi) is 6.62. The maximum absolute atomic E-state index is 11.7. The van der Waals surface area contributed by atoms with Crippen LogP contribution >= 0.6 is 15.9 Å². The molecule has 0 saturated heterocycles. The molecule has 0 unspecified atom stereocenters. The van der Waals surface area contributed by atoms with Crippen molar-refractivity contribution in [2.24, 2.45) is 5.10 Å². The molecule has 0 aromatic heterocycles. The van der Waals surface area contributed by atoms with Gasteiger partial charge in [-0.1, -0.05) is 15.9 Å². The summed E-state index contributed by atoms with van der Waals surface area (Å²) in [5.74, 6) is 0.573. The van der Waals surface area contributed by atoms with Gasteiger partial charge in [-0.2, -0.15) is 5.10 Å². The van der Waals surface area contributed by atoms with E-state index in [2.05, 4.69) is 31.8 Å². The number of phenols is 1. The Bertz CT molecular complexity index is 718. The Balaban J connectivity index is 1.80. The van der Waals surface area contributed by atoms with Crippen molar-refractivity contribution in [3.05, 3.63) is 52.5 Å². The van der Waals surface area contributed by atoms with Crippen LogP contribution in [0.15, 0.2) is 52.0 Å². The van der Waals surface area contributed by atoms with Crippen LogP contribution in [-0.4, -0.2) is 30.4 Å². The van der Waals surface area contributed by atoms with Crippen LogP contribution < -0.4 is 15.5 Å². The van der Waals surface area contributed by atoms with Gasteiger partial charge >= 0.3 is 0 Å². The second kappa shape index (κ2) is 8.93. The predicted octanol–water partition coefficient (Wildman–Crippen LogP) is 3.12. The van der Waals surface area contributed by atoms with Gasteiger partial charge in [-0.3, -0.25) is 4.79 Å². The Labute approximate surface area is 148 Å². The summed E-state index contributed by atoms with van der Waals surface area (Å²) in [5.41, 5.74) is 3.71. The molecule has 2 rings (SSSR count). The lowest BCUT2D eigenvalue weighted by atomic mass is 10.2. The van der Waals surface area contributed by atoms with E-state index in [-0.39, 0.29) is 18.2 Å². The molecule has 0 atom stereocenters. The predicted molar refractivity (Wildman–Crippen MR) is 97.6 cm³/mol. The van der Waals surface area contributed by atoms with Gasteiger partial charge in [0.05, 0.1) is 19.4 Å². The van der Waals surface area contributed by atoms with Crippen molar-refractivity contribution in [3.8, 4) is 11.5 Å². The molecule has 126 valence electrons. The summed E-state index contributed by atoms with van der Waals surface area (Å²) in [6, 6.07) is 12.3. The highest BCUT2D eigenvalue weighted by molar-refractivity contribution is 9.10. The average Bonchev–Trinajstić information content (AvgIpc) is 2.58. The van der Waals surface area contributed by atoms with Gasteiger partial charge in [0.2, 0.25) is 0 Å². The van der Waals surface area contributed by atoms with E-state index in [1.165, 1.54) is 6.21 Å². The average molecular weight is 392 g/mol. The Morgan fingerprint density at radius 1 is 1.29 bits per heavy atom. The fourth-order valence-corrected chi connectivity index (χ4v) is 2.24. The van der Waals surface area contributed by atoms with Crippen molar-refractivity contribution in [3.63, 3.8) is 0 Å². The lowest BCUT2D eigenvalue weighted by Gasteiger charge is -2.07. The number of nitrogens with one attached hydrogen (secondary N) is 2. The first-order valence-corrected chi connectivity index (χ1v) is 8.15. The zero-order valence-corrected chi connectivity index (χ0v) is 14.7. The first-order chi connectivity index (χ1) is 11.6. The topological polar surface area (TPSA) is 83.0 Å². The van der Waals surface area contributed by atoms with Gasteiger partial charge in [0.15, 0.2) is 0 Å². The third kappa shape index (κ3) is 5.58. The highest BCUT2D eigenvalue weighted by Crippen LogP contribution is 2.20. The van der Waals surface area contributed by atoms with Gasteiger partial charge in [0.1, 0.15) is 11.5 Å². The molecule has 2 aromatic carbocycles. The summed E-state index contributed by atoms with van der Waals surface area (Å²) in [7, 11) is 0. The normalized spacial score (nSPS) is 10.6. The molecular formula is C17H18BrN3O3. The number of hydrogen-bond acceptors (Lipinski definition) is 5. The van der Waals surface area contributed by atoms with E-state index >= 15 is 0 Å². The van der Waals surface area contributed by atoms with Crippen LogP contribution in [0.2, 0.25) is 0 Å². The Morgan fingerprint density at radius 2 is 2.04 bits per heavy atom. The molecule has 0 bridgehead atoms. The number of rotatable bonds is 7. The quantitative estimate of drug-likeness (QED) is 0.500. The standard InChI is InChI=1S/C17H18BrN3O3/c1-2-24-15-6-4-14(5-7-15)19-11-17(23)21-20-10-12-9-13(18)3-8-16(12)22/h3-10,19,22H,2,11H2,1H3,(H,21,23)/b20-10-. The largest absolute Gasteiger partial charge is 0.507 e. The zero-order valence-electron chi connectivity index (χ0n) is 13.1. The zero-order chi connectivity index (χ0) is 17.4. The van der Waals surface area contributed by atoms with Crippen LogP contribution in [0.4, 0.5) is 5.69 Å². The van der Waals surface area contributed by atoms with Gasteiger partial charge < -0.3 is 15.2 Å². The highest BCUT2D eigenvalue weighted by Gasteiger charge is 2.01. The summed E-state index contributed by atoms with van der Waals surface area (Å²) in [4.78, 5) is 11.7. The molecular weight excluding hydrogens is 374 g/mol. The molecule has 0 radical (unpaired) electrons. The summed E-state index contributed by atoms with van der Waals surface area (Å²) in [6.45, 7) is 2.61. The number of benzene rings is 2. The number of aromatic hydroxyl groups is 1. The SMILES string of the molecule is CCOc1ccc(NCC(=O)N/N=C\c2cc(Br)ccc2O)cc1. The summed E-state index contributed by atoms with van der Waals surface area (Å²) in [6.07, 6.45) is 1.38. The van der Waals surface area contributed by atoms with E-state index in [1.54, 1.807) is 18.2 Å². The third-order valence-electron chi connectivity index (χ3n) is 3.00. The van der Waals surface area contributed by atoms with Crippen LogP contribution in [0.1, 0.15) is 12.5 Å². The summed E-state index contributed by atoms with van der Waals surface area (Å²) in [5, 5.41) is 16.5. The molecule has 1 amide bonds. The molecule has 0 aliphatic carbocycles. The van der Waals surface area contributed by atoms with Crippen LogP contribution in [0.3, 0.4) is 0 Å². The number of anilines is 1. The van der Waals surface area contributed by atoms with Crippen LogP contribution in [0, 0.1) is 0 Å². The number of carbonyl (C=O) groups is 1. The van der Waals surface area contributed by atoms with Crippen LogP contribution in [0.5, 0.6) is 11.5 Å². The van der Waals surface area contributed by atoms with E-state index in [0.717, 1.165) is 15.9 Å². The number of carbonyl (C=O) groups excluding carboxylic acids is 1. The fraction of sp³-hybridized carbons (Fsp3) is 0.176. The second-order valence-corrected chi connectivity index (χ2v) is 5.72. The van der Waals surface area contributed by atoms with Gasteiger partial charge in [0.25, 0.3) is 5.91 Å². The van der Waals surface area contributed by atoms with Crippen LogP contribution in [-0.2, 0) is 4.79 Å². The highest BCUT2D eigenvalue weighted by atomic mass is 79.9. The Morgan fingerprint density at radius 3 is 2.75 bits per heavy atom. The van der Waals surface area contributed by atoms with Crippen molar-refractivity contribution < 1.29 is 14.6 Å². The van der Waals surface area contributed by atoms with Gasteiger partial charge in [-0.15, -0.1) is 0 Å². The number of halogens is 1. The Hall–Kier alpha value is -2.54. The molecule has 7 heteroatoms. The number of hydrogen-bond donors (Lipinski definition) is 3. The van der Waals surface area contributed by atoms with Crippen molar-refractivity contribution >= 4 is 33.7 Å². The van der Waals surface area contributed by atoms with Crippen molar-refractivity contribution in [2.75, 3.05) is 18.5 Å². The lowest BCUT2D eigenvalue weighted by molar-refractivity contribution is -0.119. The molecule has 0 heterocycles.